The van der Waals surface area contributed by atoms with Crippen molar-refractivity contribution in [1.29, 1.82) is 0 Å². The van der Waals surface area contributed by atoms with Crippen LogP contribution in [-0.4, -0.2) is 30.4 Å². The minimum atomic E-state index is -0.155. The molecule has 0 saturated carbocycles. The van der Waals surface area contributed by atoms with Crippen molar-refractivity contribution in [2.24, 2.45) is 0 Å². The number of aromatic nitrogens is 2. The molecule has 0 radical (unpaired) electrons. The molecule has 2 unspecified atom stereocenters. The Morgan fingerprint density at radius 3 is 2.63 bits per heavy atom. The van der Waals surface area contributed by atoms with Gasteiger partial charge in [0.15, 0.2) is 0 Å². The van der Waals surface area contributed by atoms with Crippen LogP contribution in [0.1, 0.15) is 31.1 Å². The Morgan fingerprint density at radius 1 is 1.32 bits per heavy atom. The lowest BCUT2D eigenvalue weighted by Gasteiger charge is -2.17. The highest BCUT2D eigenvalue weighted by Crippen LogP contribution is 2.30. The number of alkyl halides is 1. The average Bonchev–Trinajstić information content (AvgIpc) is 2.77. The molecule has 0 spiro atoms. The standard InChI is InChI=1S/C14H19ClN2O2/c1-9(8-18-3)17-13-6-5-11(19-4)7-12(13)16-14(17)10(2)15/h5-7,9-10H,8H2,1-4H3. The normalized spacial score (nSPS) is 14.6. The fourth-order valence-electron chi connectivity index (χ4n) is 2.28. The van der Waals surface area contributed by atoms with Gasteiger partial charge >= 0.3 is 0 Å². The van der Waals surface area contributed by atoms with E-state index in [4.69, 9.17) is 21.1 Å². The van der Waals surface area contributed by atoms with Gasteiger partial charge in [0.05, 0.1) is 36.2 Å². The molecule has 2 atom stereocenters. The Bertz CT molecular complexity index is 566. The summed E-state index contributed by atoms with van der Waals surface area (Å²) in [5.41, 5.74) is 1.94. The molecule has 0 aliphatic heterocycles. The molecular weight excluding hydrogens is 264 g/mol. The van der Waals surface area contributed by atoms with Gasteiger partial charge in [-0.1, -0.05) is 0 Å². The van der Waals surface area contributed by atoms with Crippen LogP contribution >= 0.6 is 11.6 Å². The molecule has 0 amide bonds. The monoisotopic (exact) mass is 282 g/mol. The molecule has 104 valence electrons. The highest BCUT2D eigenvalue weighted by Gasteiger charge is 2.19. The second-order valence-corrected chi connectivity index (χ2v) is 5.27. The van der Waals surface area contributed by atoms with Crippen molar-refractivity contribution in [1.82, 2.24) is 9.55 Å². The van der Waals surface area contributed by atoms with E-state index in [9.17, 15) is 0 Å². The summed E-state index contributed by atoms with van der Waals surface area (Å²) < 4.78 is 12.6. The summed E-state index contributed by atoms with van der Waals surface area (Å²) in [5.74, 6) is 1.65. The van der Waals surface area contributed by atoms with Crippen molar-refractivity contribution < 1.29 is 9.47 Å². The number of hydrogen-bond donors (Lipinski definition) is 0. The molecule has 0 N–H and O–H groups in total. The zero-order valence-corrected chi connectivity index (χ0v) is 12.4. The van der Waals surface area contributed by atoms with Crippen molar-refractivity contribution in [3.63, 3.8) is 0 Å². The topological polar surface area (TPSA) is 36.3 Å². The fraction of sp³-hybridized carbons (Fsp3) is 0.500. The highest BCUT2D eigenvalue weighted by atomic mass is 35.5. The molecule has 0 aliphatic carbocycles. The predicted octanol–water partition coefficient (Wildman–Crippen LogP) is 3.55. The van der Waals surface area contributed by atoms with E-state index in [2.05, 4.69) is 16.5 Å². The van der Waals surface area contributed by atoms with Crippen molar-refractivity contribution in [3.8, 4) is 5.75 Å². The molecule has 5 heteroatoms. The molecule has 1 aromatic heterocycles. The molecule has 4 nitrogen and oxygen atoms in total. The third-order valence-corrected chi connectivity index (χ3v) is 3.32. The first-order chi connectivity index (χ1) is 9.08. The molecule has 2 aromatic rings. The van der Waals surface area contributed by atoms with E-state index < -0.39 is 0 Å². The third kappa shape index (κ3) is 2.69. The van der Waals surface area contributed by atoms with E-state index in [1.165, 1.54) is 0 Å². The highest BCUT2D eigenvalue weighted by molar-refractivity contribution is 6.20. The van der Waals surface area contributed by atoms with E-state index in [1.807, 2.05) is 25.1 Å². The second kappa shape index (κ2) is 5.80. The van der Waals surface area contributed by atoms with Crippen molar-refractivity contribution in [2.45, 2.75) is 25.3 Å². The van der Waals surface area contributed by atoms with Crippen LogP contribution in [0.3, 0.4) is 0 Å². The number of imidazole rings is 1. The van der Waals surface area contributed by atoms with Crippen LogP contribution in [-0.2, 0) is 4.74 Å². The maximum absolute atomic E-state index is 6.24. The van der Waals surface area contributed by atoms with E-state index in [0.29, 0.717) is 6.61 Å². The largest absolute Gasteiger partial charge is 0.497 e. The molecule has 1 heterocycles. The number of ether oxygens (including phenoxy) is 2. The lowest BCUT2D eigenvalue weighted by atomic mass is 10.2. The SMILES string of the molecule is COCC(C)n1c(C(C)Cl)nc2cc(OC)ccc21. The number of fused-ring (bicyclic) bond motifs is 1. The smallest absolute Gasteiger partial charge is 0.128 e. The van der Waals surface area contributed by atoms with Gasteiger partial charge < -0.3 is 14.0 Å². The zero-order chi connectivity index (χ0) is 14.0. The first-order valence-corrected chi connectivity index (χ1v) is 6.71. The first kappa shape index (κ1) is 14.2. The van der Waals surface area contributed by atoms with Gasteiger partial charge in [0.1, 0.15) is 11.6 Å². The van der Waals surface area contributed by atoms with E-state index in [1.54, 1.807) is 14.2 Å². The Balaban J connectivity index is 2.60. The molecule has 0 fully saturated rings. The molecule has 19 heavy (non-hydrogen) atoms. The van der Waals surface area contributed by atoms with Gasteiger partial charge in [-0.25, -0.2) is 4.98 Å². The quantitative estimate of drug-likeness (QED) is 0.787. The number of halogens is 1. The van der Waals surface area contributed by atoms with Crippen LogP contribution in [0.5, 0.6) is 5.75 Å². The zero-order valence-electron chi connectivity index (χ0n) is 11.7. The summed E-state index contributed by atoms with van der Waals surface area (Å²) >= 11 is 6.24. The molecule has 0 aliphatic rings. The minimum absolute atomic E-state index is 0.155. The van der Waals surface area contributed by atoms with Crippen molar-refractivity contribution in [3.05, 3.63) is 24.0 Å². The Morgan fingerprint density at radius 2 is 2.05 bits per heavy atom. The van der Waals surface area contributed by atoms with Crippen LogP contribution in [0, 0.1) is 0 Å². The molecular formula is C14H19ClN2O2. The van der Waals surface area contributed by atoms with E-state index in [0.717, 1.165) is 22.6 Å². The van der Waals surface area contributed by atoms with Crippen LogP contribution in [0.15, 0.2) is 18.2 Å². The summed E-state index contributed by atoms with van der Waals surface area (Å²) in [7, 11) is 3.35. The maximum Gasteiger partial charge on any atom is 0.128 e. The predicted molar refractivity (Wildman–Crippen MR) is 77.1 cm³/mol. The summed E-state index contributed by atoms with van der Waals surface area (Å²) in [5, 5.41) is -0.155. The number of benzene rings is 1. The van der Waals surface area contributed by atoms with Crippen LogP contribution < -0.4 is 4.74 Å². The molecule has 2 rings (SSSR count). The average molecular weight is 283 g/mol. The maximum atomic E-state index is 6.24. The van der Waals surface area contributed by atoms with E-state index in [-0.39, 0.29) is 11.4 Å². The summed E-state index contributed by atoms with van der Waals surface area (Å²) in [6, 6.07) is 6.05. The van der Waals surface area contributed by atoms with Crippen LogP contribution in [0.2, 0.25) is 0 Å². The van der Waals surface area contributed by atoms with Gasteiger partial charge in [-0.2, -0.15) is 0 Å². The molecule has 0 saturated heterocycles. The lowest BCUT2D eigenvalue weighted by Crippen LogP contribution is -2.14. The van der Waals surface area contributed by atoms with Crippen molar-refractivity contribution in [2.75, 3.05) is 20.8 Å². The van der Waals surface area contributed by atoms with Gasteiger partial charge in [-0.05, 0) is 26.0 Å². The molecule has 0 bridgehead atoms. The summed E-state index contributed by atoms with van der Waals surface area (Å²) in [6.45, 7) is 4.64. The number of nitrogens with zero attached hydrogens (tertiary/aromatic N) is 2. The minimum Gasteiger partial charge on any atom is -0.497 e. The Labute approximate surface area is 118 Å². The van der Waals surface area contributed by atoms with Gasteiger partial charge in [0.25, 0.3) is 0 Å². The van der Waals surface area contributed by atoms with Crippen LogP contribution in [0.25, 0.3) is 11.0 Å². The summed E-state index contributed by atoms with van der Waals surface area (Å²) in [4.78, 5) is 4.62. The number of rotatable bonds is 5. The van der Waals surface area contributed by atoms with Gasteiger partial charge in [0, 0.05) is 13.2 Å². The third-order valence-electron chi connectivity index (χ3n) is 3.13. The molecule has 1 aromatic carbocycles. The summed E-state index contributed by atoms with van der Waals surface area (Å²) in [6.07, 6.45) is 0. The van der Waals surface area contributed by atoms with E-state index >= 15 is 0 Å². The fourth-order valence-corrected chi connectivity index (χ4v) is 2.44. The van der Waals surface area contributed by atoms with Crippen molar-refractivity contribution >= 4 is 22.6 Å². The number of hydrogen-bond acceptors (Lipinski definition) is 3. The van der Waals surface area contributed by atoms with Gasteiger partial charge in [-0.15, -0.1) is 11.6 Å². The number of methoxy groups -OCH3 is 2. The van der Waals surface area contributed by atoms with Crippen LogP contribution in [0.4, 0.5) is 0 Å². The first-order valence-electron chi connectivity index (χ1n) is 6.27. The van der Waals surface area contributed by atoms with Gasteiger partial charge in [-0.3, -0.25) is 0 Å². The lowest BCUT2D eigenvalue weighted by molar-refractivity contribution is 0.162. The Kier molecular flexibility index (Phi) is 4.32. The second-order valence-electron chi connectivity index (χ2n) is 4.62. The van der Waals surface area contributed by atoms with Gasteiger partial charge in [0.2, 0.25) is 0 Å². The Hall–Kier alpha value is -1.26.